The first-order valence-electron chi connectivity index (χ1n) is 6.53. The summed E-state index contributed by atoms with van der Waals surface area (Å²) in [5.41, 5.74) is 6.02. The Morgan fingerprint density at radius 1 is 1.26 bits per heavy atom. The van der Waals surface area contributed by atoms with Crippen molar-refractivity contribution < 1.29 is 0 Å². The van der Waals surface area contributed by atoms with Crippen LogP contribution in [-0.2, 0) is 0 Å². The number of hydrogen-bond donors (Lipinski definition) is 1. The molecule has 0 aliphatic carbocycles. The Hall–Kier alpha value is 0.540. The van der Waals surface area contributed by atoms with Gasteiger partial charge in [0.15, 0.2) is 0 Å². The summed E-state index contributed by atoms with van der Waals surface area (Å²) in [4.78, 5) is 6.04. The summed E-state index contributed by atoms with van der Waals surface area (Å²) < 4.78 is 2.26. The van der Waals surface area contributed by atoms with E-state index in [1.54, 1.807) is 11.3 Å². The van der Waals surface area contributed by atoms with Gasteiger partial charge in [0.05, 0.1) is 9.83 Å². The van der Waals surface area contributed by atoms with Gasteiger partial charge >= 0.3 is 0 Å². The summed E-state index contributed by atoms with van der Waals surface area (Å²) in [6.07, 6.45) is 1.15. The molecular weight excluding hydrogens is 390 g/mol. The summed E-state index contributed by atoms with van der Waals surface area (Å²) in [6.45, 7) is 6.08. The van der Waals surface area contributed by atoms with Crippen LogP contribution in [0.5, 0.6) is 0 Å². The predicted octanol–water partition coefficient (Wildman–Crippen LogP) is 3.55. The smallest absolute Gasteiger partial charge is 0.0843 e. The van der Waals surface area contributed by atoms with Gasteiger partial charge in [0.2, 0.25) is 0 Å². The highest BCUT2D eigenvalue weighted by Gasteiger charge is 2.21. The monoisotopic (exact) mass is 411 g/mol. The zero-order chi connectivity index (χ0) is 14.4. The summed E-state index contributed by atoms with van der Waals surface area (Å²) in [7, 11) is 4.22. The molecule has 0 aliphatic rings. The molecule has 1 aromatic rings. The molecule has 0 amide bonds. The quantitative estimate of drug-likeness (QED) is 0.708. The lowest BCUT2D eigenvalue weighted by Gasteiger charge is -2.31. The molecule has 0 radical (unpaired) electrons. The standard InChI is InChI=1S/C13H23Br2N3S/c1-4-5-18(7-6-17(2)3)11(9-16)12-8-10(14)13(15)19-12/h8,11H,4-7,9,16H2,1-3H3. The van der Waals surface area contributed by atoms with E-state index >= 15 is 0 Å². The van der Waals surface area contributed by atoms with Crippen LogP contribution in [0.15, 0.2) is 14.3 Å². The van der Waals surface area contributed by atoms with E-state index in [1.807, 2.05) is 0 Å². The van der Waals surface area contributed by atoms with E-state index in [0.29, 0.717) is 12.6 Å². The predicted molar refractivity (Wildman–Crippen MR) is 91.9 cm³/mol. The summed E-state index contributed by atoms with van der Waals surface area (Å²) in [5, 5.41) is 0. The highest BCUT2D eigenvalue weighted by atomic mass is 79.9. The average molecular weight is 413 g/mol. The number of hydrogen-bond acceptors (Lipinski definition) is 4. The van der Waals surface area contributed by atoms with E-state index in [1.165, 1.54) is 4.88 Å². The van der Waals surface area contributed by atoms with Crippen molar-refractivity contribution in [3.63, 3.8) is 0 Å². The largest absolute Gasteiger partial charge is 0.329 e. The van der Waals surface area contributed by atoms with Gasteiger partial charge in [0, 0.05) is 29.0 Å². The summed E-state index contributed by atoms with van der Waals surface area (Å²) in [6, 6.07) is 2.50. The van der Waals surface area contributed by atoms with E-state index < -0.39 is 0 Å². The van der Waals surface area contributed by atoms with Gasteiger partial charge < -0.3 is 10.6 Å². The molecular formula is C13H23Br2N3S. The Balaban J connectivity index is 2.82. The van der Waals surface area contributed by atoms with Gasteiger partial charge in [0.1, 0.15) is 0 Å². The van der Waals surface area contributed by atoms with Gasteiger partial charge in [0.25, 0.3) is 0 Å². The third-order valence-electron chi connectivity index (χ3n) is 3.00. The topological polar surface area (TPSA) is 32.5 Å². The second kappa shape index (κ2) is 8.74. The molecule has 1 unspecified atom stereocenters. The molecule has 0 saturated carbocycles. The first-order valence-corrected chi connectivity index (χ1v) is 8.93. The minimum absolute atomic E-state index is 0.312. The Morgan fingerprint density at radius 2 is 1.95 bits per heavy atom. The Bertz CT molecular complexity index is 362. The van der Waals surface area contributed by atoms with Crippen molar-refractivity contribution in [2.75, 3.05) is 40.3 Å². The highest BCUT2D eigenvalue weighted by molar-refractivity contribution is 9.13. The van der Waals surface area contributed by atoms with Gasteiger partial charge in [-0.25, -0.2) is 0 Å². The maximum absolute atomic E-state index is 6.02. The minimum atomic E-state index is 0.312. The minimum Gasteiger partial charge on any atom is -0.329 e. The van der Waals surface area contributed by atoms with E-state index in [0.717, 1.165) is 34.3 Å². The van der Waals surface area contributed by atoms with Crippen molar-refractivity contribution >= 4 is 43.2 Å². The zero-order valence-electron chi connectivity index (χ0n) is 11.8. The second-order valence-corrected chi connectivity index (χ2v) is 8.12. The van der Waals surface area contributed by atoms with Crippen LogP contribution < -0.4 is 5.73 Å². The lowest BCUT2D eigenvalue weighted by Crippen LogP contribution is -2.38. The third-order valence-corrected chi connectivity index (χ3v) is 6.36. The van der Waals surface area contributed by atoms with Gasteiger partial charge in [-0.2, -0.15) is 0 Å². The van der Waals surface area contributed by atoms with E-state index in [4.69, 9.17) is 5.73 Å². The van der Waals surface area contributed by atoms with Crippen LogP contribution in [0, 0.1) is 0 Å². The number of nitrogens with two attached hydrogens (primary N) is 1. The fourth-order valence-electron chi connectivity index (χ4n) is 2.01. The molecule has 0 aliphatic heterocycles. The van der Waals surface area contributed by atoms with Gasteiger partial charge in [-0.15, -0.1) is 11.3 Å². The first-order chi connectivity index (χ1) is 8.99. The van der Waals surface area contributed by atoms with Crippen LogP contribution in [0.25, 0.3) is 0 Å². The van der Waals surface area contributed by atoms with E-state index in [2.05, 4.69) is 68.7 Å². The molecule has 1 heterocycles. The number of likely N-dealkylation sites (N-methyl/N-ethyl adjacent to an activating group) is 1. The molecule has 110 valence electrons. The Labute approximate surface area is 137 Å². The van der Waals surface area contributed by atoms with Crippen LogP contribution in [-0.4, -0.2) is 50.1 Å². The van der Waals surface area contributed by atoms with Crippen molar-refractivity contribution in [1.82, 2.24) is 9.80 Å². The molecule has 0 spiro atoms. The average Bonchev–Trinajstić information content (AvgIpc) is 2.67. The zero-order valence-corrected chi connectivity index (χ0v) is 15.8. The van der Waals surface area contributed by atoms with Crippen LogP contribution in [0.3, 0.4) is 0 Å². The fraction of sp³-hybridized carbons (Fsp3) is 0.692. The molecule has 3 nitrogen and oxygen atoms in total. The molecule has 0 saturated heterocycles. The third kappa shape index (κ3) is 5.44. The molecule has 0 fully saturated rings. The van der Waals surface area contributed by atoms with Crippen LogP contribution >= 0.6 is 43.2 Å². The Morgan fingerprint density at radius 3 is 2.37 bits per heavy atom. The van der Waals surface area contributed by atoms with Gasteiger partial charge in [-0.3, -0.25) is 4.90 Å². The molecule has 1 aromatic heterocycles. The van der Waals surface area contributed by atoms with Gasteiger partial charge in [-0.05, 0) is 65.0 Å². The molecule has 1 rings (SSSR count). The van der Waals surface area contributed by atoms with E-state index in [-0.39, 0.29) is 0 Å². The number of halogens is 2. The molecule has 0 aromatic carbocycles. The second-order valence-electron chi connectivity index (χ2n) is 4.86. The van der Waals surface area contributed by atoms with E-state index in [9.17, 15) is 0 Å². The van der Waals surface area contributed by atoms with Gasteiger partial charge in [-0.1, -0.05) is 6.92 Å². The van der Waals surface area contributed by atoms with Crippen molar-refractivity contribution in [1.29, 1.82) is 0 Å². The molecule has 6 heteroatoms. The van der Waals surface area contributed by atoms with Crippen LogP contribution in [0.4, 0.5) is 0 Å². The van der Waals surface area contributed by atoms with Crippen molar-refractivity contribution in [3.05, 3.63) is 19.2 Å². The number of rotatable bonds is 8. The summed E-state index contributed by atoms with van der Waals surface area (Å²) in [5.74, 6) is 0. The lowest BCUT2D eigenvalue weighted by atomic mass is 10.2. The first kappa shape index (κ1) is 17.6. The van der Waals surface area contributed by atoms with Crippen molar-refractivity contribution in [2.45, 2.75) is 19.4 Å². The normalized spacial score (nSPS) is 13.5. The van der Waals surface area contributed by atoms with Crippen LogP contribution in [0.1, 0.15) is 24.3 Å². The highest BCUT2D eigenvalue weighted by Crippen LogP contribution is 2.37. The number of thiophene rings is 1. The number of nitrogens with zero attached hydrogens (tertiary/aromatic N) is 2. The molecule has 19 heavy (non-hydrogen) atoms. The maximum atomic E-state index is 6.02. The molecule has 1 atom stereocenters. The lowest BCUT2D eigenvalue weighted by molar-refractivity contribution is 0.185. The molecule has 0 bridgehead atoms. The van der Waals surface area contributed by atoms with Crippen molar-refractivity contribution in [2.24, 2.45) is 5.73 Å². The Kier molecular flexibility index (Phi) is 8.10. The fourth-order valence-corrected chi connectivity index (χ4v) is 4.25. The maximum Gasteiger partial charge on any atom is 0.0843 e. The summed E-state index contributed by atoms with van der Waals surface area (Å²) >= 11 is 8.90. The molecule has 2 N–H and O–H groups in total. The SMILES string of the molecule is CCCN(CCN(C)C)C(CN)c1cc(Br)c(Br)s1. The van der Waals surface area contributed by atoms with Crippen LogP contribution in [0.2, 0.25) is 0 Å². The van der Waals surface area contributed by atoms with Crippen molar-refractivity contribution in [3.8, 4) is 0 Å².